The number of nitrogens with one attached hydrogen (secondary N) is 1. The second-order valence-electron chi connectivity index (χ2n) is 5.91. The number of hydrogen-bond acceptors (Lipinski definition) is 5. The summed E-state index contributed by atoms with van der Waals surface area (Å²) < 4.78 is 0.684. The molecule has 2 heterocycles. The van der Waals surface area contributed by atoms with E-state index in [2.05, 4.69) is 23.7 Å². The summed E-state index contributed by atoms with van der Waals surface area (Å²) in [5.74, 6) is 1.61. The summed E-state index contributed by atoms with van der Waals surface area (Å²) in [6.07, 6.45) is 5.31. The zero-order valence-electron chi connectivity index (χ0n) is 12.4. The second kappa shape index (κ2) is 6.15. The molecule has 0 radical (unpaired) electrons. The summed E-state index contributed by atoms with van der Waals surface area (Å²) in [7, 11) is 0. The van der Waals surface area contributed by atoms with E-state index in [0.29, 0.717) is 10.6 Å². The third-order valence-electron chi connectivity index (χ3n) is 3.85. The monoisotopic (exact) mass is 279 g/mol. The van der Waals surface area contributed by atoms with Crippen LogP contribution in [0.1, 0.15) is 45.1 Å². The van der Waals surface area contributed by atoms with E-state index in [4.69, 9.17) is 11.1 Å². The van der Waals surface area contributed by atoms with Gasteiger partial charge in [-0.15, -0.1) is 4.73 Å². The number of rotatable bonds is 4. The molecule has 1 fully saturated rings. The highest BCUT2D eigenvalue weighted by Crippen LogP contribution is 2.26. The average molecular weight is 279 g/mol. The minimum Gasteiger partial charge on any atom is -0.423 e. The van der Waals surface area contributed by atoms with Crippen molar-refractivity contribution < 1.29 is 5.21 Å². The Morgan fingerprint density at radius 3 is 2.55 bits per heavy atom. The topological polar surface area (TPSA) is 91.2 Å². The molecular weight excluding hydrogens is 254 g/mol. The predicted octanol–water partition coefficient (Wildman–Crippen LogP) is 1.76. The lowest BCUT2D eigenvalue weighted by Gasteiger charge is -2.30. The highest BCUT2D eigenvalue weighted by atomic mass is 16.5. The number of hydrogen-bond donors (Lipinski definition) is 3. The van der Waals surface area contributed by atoms with Crippen LogP contribution in [0.2, 0.25) is 0 Å². The molecule has 6 nitrogen and oxygen atoms in total. The van der Waals surface area contributed by atoms with Gasteiger partial charge in [-0.05, 0) is 38.0 Å². The van der Waals surface area contributed by atoms with Gasteiger partial charge < -0.3 is 15.8 Å². The average Bonchev–Trinajstić information content (AvgIpc) is 2.44. The Labute approximate surface area is 119 Å². The molecule has 0 unspecified atom stereocenters. The van der Waals surface area contributed by atoms with Crippen molar-refractivity contribution in [2.75, 3.05) is 23.7 Å². The number of nitrogens with zero attached hydrogens (tertiary/aromatic N) is 3. The number of nitrogens with two attached hydrogens (primary N) is 1. The molecule has 0 aliphatic carbocycles. The van der Waals surface area contributed by atoms with Gasteiger partial charge in [0.25, 0.3) is 5.62 Å². The molecule has 6 heteroatoms. The molecule has 4 N–H and O–H groups in total. The van der Waals surface area contributed by atoms with Gasteiger partial charge in [0, 0.05) is 18.7 Å². The summed E-state index contributed by atoms with van der Waals surface area (Å²) in [6, 6.07) is 0. The molecule has 20 heavy (non-hydrogen) atoms. The first-order valence-electron chi connectivity index (χ1n) is 7.41. The highest BCUT2D eigenvalue weighted by molar-refractivity contribution is 5.57. The number of aromatic nitrogens is 2. The van der Waals surface area contributed by atoms with E-state index in [1.807, 2.05) is 0 Å². The first kappa shape index (κ1) is 14.7. The molecule has 1 aromatic heterocycles. The Balaban J connectivity index is 2.39. The Hall–Kier alpha value is -1.72. The number of anilines is 2. The third-order valence-corrected chi connectivity index (χ3v) is 3.85. The van der Waals surface area contributed by atoms with E-state index < -0.39 is 0 Å². The van der Waals surface area contributed by atoms with Crippen LogP contribution < -0.4 is 16.3 Å². The van der Waals surface area contributed by atoms with Crippen molar-refractivity contribution in [1.29, 1.82) is 5.41 Å². The molecular formula is C14H25N5O. The zero-order valence-corrected chi connectivity index (χ0v) is 12.4. The quantitative estimate of drug-likeness (QED) is 0.732. The van der Waals surface area contributed by atoms with Crippen LogP contribution >= 0.6 is 0 Å². The molecule has 0 spiro atoms. The first-order chi connectivity index (χ1) is 9.50. The first-order valence-corrected chi connectivity index (χ1v) is 7.41. The Morgan fingerprint density at radius 2 is 1.95 bits per heavy atom. The van der Waals surface area contributed by atoms with Crippen molar-refractivity contribution in [3.8, 4) is 0 Å². The minimum absolute atomic E-state index is 0.198. The number of nitrogen functional groups attached to an aromatic ring is 1. The van der Waals surface area contributed by atoms with E-state index >= 15 is 0 Å². The van der Waals surface area contributed by atoms with Gasteiger partial charge in [0.15, 0.2) is 5.82 Å². The molecule has 1 saturated heterocycles. The van der Waals surface area contributed by atoms with E-state index in [1.165, 1.54) is 6.42 Å². The second-order valence-corrected chi connectivity index (χ2v) is 5.91. The lowest BCUT2D eigenvalue weighted by molar-refractivity contribution is 0.171. The molecule has 0 amide bonds. The standard InChI is InChI=1S/C14H25N5O/c1-10(2)6-7-11-12(15)19(20)14(16)17-13(11)18-8-4-3-5-9-18/h10,16,20H,3-9,15H2,1-2H3. The van der Waals surface area contributed by atoms with Gasteiger partial charge in [-0.3, -0.25) is 5.41 Å². The van der Waals surface area contributed by atoms with E-state index in [9.17, 15) is 5.21 Å². The highest BCUT2D eigenvalue weighted by Gasteiger charge is 2.20. The molecule has 1 aliphatic rings. The molecule has 0 atom stereocenters. The van der Waals surface area contributed by atoms with Gasteiger partial charge in [0.1, 0.15) is 5.82 Å². The summed E-state index contributed by atoms with van der Waals surface area (Å²) in [5.41, 5.74) is 6.68. The maximum absolute atomic E-state index is 9.80. The van der Waals surface area contributed by atoms with Crippen LogP contribution in [0.5, 0.6) is 0 Å². The zero-order chi connectivity index (χ0) is 14.7. The lowest BCUT2D eigenvalue weighted by atomic mass is 10.0. The number of piperidine rings is 1. The van der Waals surface area contributed by atoms with Crippen LogP contribution in [0.15, 0.2) is 0 Å². The SMILES string of the molecule is CC(C)CCc1c(N2CCCCC2)nc(=N)n(O)c1N. The smallest absolute Gasteiger partial charge is 0.259 e. The van der Waals surface area contributed by atoms with Crippen molar-refractivity contribution in [2.45, 2.75) is 46.0 Å². The van der Waals surface area contributed by atoms with Crippen LogP contribution in [0.4, 0.5) is 11.6 Å². The van der Waals surface area contributed by atoms with E-state index in [-0.39, 0.29) is 11.4 Å². The molecule has 1 aliphatic heterocycles. The van der Waals surface area contributed by atoms with Crippen LogP contribution in [0, 0.1) is 11.3 Å². The van der Waals surface area contributed by atoms with Gasteiger partial charge in [0.05, 0.1) is 0 Å². The summed E-state index contributed by atoms with van der Waals surface area (Å²) in [5, 5.41) is 17.5. The van der Waals surface area contributed by atoms with Gasteiger partial charge in [-0.25, -0.2) is 0 Å². The Kier molecular flexibility index (Phi) is 4.52. The molecule has 1 aromatic rings. The Bertz CT molecular complexity index is 517. The lowest BCUT2D eigenvalue weighted by Crippen LogP contribution is -2.35. The summed E-state index contributed by atoms with van der Waals surface area (Å²) >= 11 is 0. The van der Waals surface area contributed by atoms with Crippen LogP contribution in [0.25, 0.3) is 0 Å². The van der Waals surface area contributed by atoms with Gasteiger partial charge in [-0.1, -0.05) is 13.8 Å². The summed E-state index contributed by atoms with van der Waals surface area (Å²) in [6.45, 7) is 6.23. The van der Waals surface area contributed by atoms with Crippen LogP contribution in [-0.4, -0.2) is 28.0 Å². The van der Waals surface area contributed by atoms with Crippen LogP contribution in [0.3, 0.4) is 0 Å². The molecule has 2 rings (SSSR count). The van der Waals surface area contributed by atoms with E-state index in [1.54, 1.807) is 0 Å². The van der Waals surface area contributed by atoms with Crippen molar-refractivity contribution in [3.63, 3.8) is 0 Å². The molecule has 0 bridgehead atoms. The maximum Gasteiger partial charge on any atom is 0.259 e. The molecule has 0 saturated carbocycles. The fourth-order valence-electron chi connectivity index (χ4n) is 2.61. The fourth-order valence-corrected chi connectivity index (χ4v) is 2.61. The van der Waals surface area contributed by atoms with Crippen LogP contribution in [-0.2, 0) is 6.42 Å². The predicted molar refractivity (Wildman–Crippen MR) is 78.9 cm³/mol. The molecule has 0 aromatic carbocycles. The fraction of sp³-hybridized carbons (Fsp3) is 0.714. The minimum atomic E-state index is -0.198. The van der Waals surface area contributed by atoms with Crippen molar-refractivity contribution in [1.82, 2.24) is 9.71 Å². The van der Waals surface area contributed by atoms with E-state index in [0.717, 1.165) is 50.2 Å². The van der Waals surface area contributed by atoms with Crippen molar-refractivity contribution >= 4 is 11.6 Å². The summed E-state index contributed by atoms with van der Waals surface area (Å²) in [4.78, 5) is 6.46. The maximum atomic E-state index is 9.80. The van der Waals surface area contributed by atoms with Gasteiger partial charge >= 0.3 is 0 Å². The Morgan fingerprint density at radius 1 is 1.30 bits per heavy atom. The van der Waals surface area contributed by atoms with Gasteiger partial charge in [-0.2, -0.15) is 4.98 Å². The molecule has 112 valence electrons. The van der Waals surface area contributed by atoms with Gasteiger partial charge in [0.2, 0.25) is 0 Å². The largest absolute Gasteiger partial charge is 0.423 e. The van der Waals surface area contributed by atoms with Crippen molar-refractivity contribution in [3.05, 3.63) is 11.2 Å². The van der Waals surface area contributed by atoms with Crippen molar-refractivity contribution in [2.24, 2.45) is 5.92 Å². The normalized spacial score (nSPS) is 15.8. The third kappa shape index (κ3) is 3.05.